The van der Waals surface area contributed by atoms with Gasteiger partial charge in [0.15, 0.2) is 6.10 Å². The van der Waals surface area contributed by atoms with Gasteiger partial charge in [0.25, 0.3) is 0 Å². The molecule has 0 spiro atoms. The summed E-state index contributed by atoms with van der Waals surface area (Å²) in [5.74, 6) is -0.985. The second-order valence-corrected chi connectivity index (χ2v) is 18.4. The second kappa shape index (κ2) is 58.1. The van der Waals surface area contributed by atoms with Crippen molar-refractivity contribution in [2.45, 2.75) is 245 Å². The van der Waals surface area contributed by atoms with E-state index in [-0.39, 0.29) is 31.1 Å². The van der Waals surface area contributed by atoms with Gasteiger partial charge in [-0.2, -0.15) is 0 Å². The fourth-order valence-electron chi connectivity index (χ4n) is 7.37. The van der Waals surface area contributed by atoms with Crippen LogP contribution in [-0.2, 0) is 28.6 Å². The van der Waals surface area contributed by atoms with E-state index in [1.165, 1.54) is 51.4 Å². The van der Waals surface area contributed by atoms with Gasteiger partial charge in [-0.25, -0.2) is 0 Å². The molecular formula is C65H104O6. The molecule has 0 radical (unpaired) electrons. The first-order chi connectivity index (χ1) is 35.0. The summed E-state index contributed by atoms with van der Waals surface area (Å²) in [6.07, 6.45) is 81.6. The minimum absolute atomic E-state index is 0.111. The maximum absolute atomic E-state index is 12.8. The molecule has 0 N–H and O–H groups in total. The van der Waals surface area contributed by atoms with Crippen molar-refractivity contribution in [2.75, 3.05) is 13.2 Å². The molecule has 0 aromatic rings. The van der Waals surface area contributed by atoms with Gasteiger partial charge in [0.2, 0.25) is 0 Å². The van der Waals surface area contributed by atoms with Gasteiger partial charge in [0.05, 0.1) is 0 Å². The number of allylic oxidation sites excluding steroid dienone is 22. The predicted octanol–water partition coefficient (Wildman–Crippen LogP) is 19.4. The molecule has 0 heterocycles. The van der Waals surface area contributed by atoms with Crippen LogP contribution in [-0.4, -0.2) is 37.2 Å². The minimum atomic E-state index is -0.813. The van der Waals surface area contributed by atoms with Gasteiger partial charge in [0.1, 0.15) is 13.2 Å². The van der Waals surface area contributed by atoms with Crippen LogP contribution in [0.4, 0.5) is 0 Å². The van der Waals surface area contributed by atoms with Crippen LogP contribution in [0.15, 0.2) is 134 Å². The van der Waals surface area contributed by atoms with Crippen LogP contribution in [0.3, 0.4) is 0 Å². The molecule has 0 saturated carbocycles. The van der Waals surface area contributed by atoms with Crippen molar-refractivity contribution in [1.82, 2.24) is 0 Å². The summed E-state index contributed by atoms with van der Waals surface area (Å²) in [5.41, 5.74) is 0. The Balaban J connectivity index is 4.47. The van der Waals surface area contributed by atoms with E-state index in [2.05, 4.69) is 154 Å². The largest absolute Gasteiger partial charge is 0.462 e. The maximum Gasteiger partial charge on any atom is 0.306 e. The third-order valence-corrected chi connectivity index (χ3v) is 11.6. The molecule has 0 aliphatic carbocycles. The second-order valence-electron chi connectivity index (χ2n) is 18.4. The van der Waals surface area contributed by atoms with Gasteiger partial charge >= 0.3 is 17.9 Å². The van der Waals surface area contributed by atoms with E-state index >= 15 is 0 Å². The third kappa shape index (κ3) is 56.3. The summed E-state index contributed by atoms with van der Waals surface area (Å²) in [6.45, 7) is 6.33. The standard InChI is InChI=1S/C65H104O6/c1-4-7-10-13-16-19-22-25-27-28-29-30-31-32-33-34-35-36-38-40-43-46-49-52-55-58-64(67)70-61-62(60-69-63(66)57-54-51-48-45-42-39-24-21-18-15-12-9-6-3)71-65(68)59-56-53-50-47-44-41-37-26-23-20-17-14-11-8-5-2/h7,9-10,12,16,18-19,21,25-27,29-30,32-33,35-37,39-40,42-43,62H,4-6,8,11,13-15,17,20,22-24,28,31,34,38,41,44-61H2,1-3H3/b10-7-,12-9-,19-16-,21-18-,27-25-,30-29-,33-32-,36-35-,37-26-,42-39-,43-40-. The first-order valence-electron chi connectivity index (χ1n) is 28.7. The lowest BCUT2D eigenvalue weighted by atomic mass is 10.1. The lowest BCUT2D eigenvalue weighted by Crippen LogP contribution is -2.30. The Morgan fingerprint density at radius 3 is 0.887 bits per heavy atom. The van der Waals surface area contributed by atoms with Crippen molar-refractivity contribution in [3.8, 4) is 0 Å². The Kier molecular flexibility index (Phi) is 54.5. The Bertz CT molecular complexity index is 1550. The molecule has 0 aromatic carbocycles. The van der Waals surface area contributed by atoms with Crippen molar-refractivity contribution < 1.29 is 28.6 Å². The summed E-state index contributed by atoms with van der Waals surface area (Å²) in [7, 11) is 0. The fraction of sp³-hybridized carbons (Fsp3) is 0.615. The fourth-order valence-corrected chi connectivity index (χ4v) is 7.37. The van der Waals surface area contributed by atoms with Gasteiger partial charge in [0, 0.05) is 19.3 Å². The molecule has 400 valence electrons. The van der Waals surface area contributed by atoms with Crippen LogP contribution in [0.5, 0.6) is 0 Å². The van der Waals surface area contributed by atoms with Crippen LogP contribution in [0, 0.1) is 0 Å². The topological polar surface area (TPSA) is 78.9 Å². The Labute approximate surface area is 436 Å². The molecule has 0 rings (SSSR count). The van der Waals surface area contributed by atoms with Crippen LogP contribution >= 0.6 is 0 Å². The van der Waals surface area contributed by atoms with Gasteiger partial charge in [-0.05, 0) is 135 Å². The zero-order valence-electron chi connectivity index (χ0n) is 45.7. The van der Waals surface area contributed by atoms with Crippen LogP contribution in [0.1, 0.15) is 239 Å². The molecule has 1 unspecified atom stereocenters. The van der Waals surface area contributed by atoms with Crippen molar-refractivity contribution in [1.29, 1.82) is 0 Å². The van der Waals surface area contributed by atoms with Crippen molar-refractivity contribution in [2.24, 2.45) is 0 Å². The van der Waals surface area contributed by atoms with E-state index < -0.39 is 6.10 Å². The van der Waals surface area contributed by atoms with Crippen molar-refractivity contribution in [3.05, 3.63) is 134 Å². The normalized spacial score (nSPS) is 13.1. The highest BCUT2D eigenvalue weighted by Crippen LogP contribution is 2.13. The number of ether oxygens (including phenoxy) is 3. The van der Waals surface area contributed by atoms with Crippen molar-refractivity contribution >= 4 is 17.9 Å². The first-order valence-corrected chi connectivity index (χ1v) is 28.7. The van der Waals surface area contributed by atoms with Crippen LogP contribution in [0.25, 0.3) is 0 Å². The highest BCUT2D eigenvalue weighted by molar-refractivity contribution is 5.71. The summed E-state index contributed by atoms with van der Waals surface area (Å²) >= 11 is 0. The molecular weight excluding hydrogens is 877 g/mol. The monoisotopic (exact) mass is 981 g/mol. The summed E-state index contributed by atoms with van der Waals surface area (Å²) in [4.78, 5) is 38.1. The van der Waals surface area contributed by atoms with E-state index in [1.807, 2.05) is 0 Å². The first kappa shape index (κ1) is 66.6. The molecule has 0 aliphatic rings. The number of esters is 3. The Hall–Kier alpha value is -4.45. The van der Waals surface area contributed by atoms with Gasteiger partial charge in [-0.3, -0.25) is 14.4 Å². The molecule has 0 amide bonds. The van der Waals surface area contributed by atoms with E-state index in [0.29, 0.717) is 19.3 Å². The van der Waals surface area contributed by atoms with E-state index in [4.69, 9.17) is 14.2 Å². The lowest BCUT2D eigenvalue weighted by molar-refractivity contribution is -0.167. The smallest absolute Gasteiger partial charge is 0.306 e. The van der Waals surface area contributed by atoms with E-state index in [9.17, 15) is 14.4 Å². The van der Waals surface area contributed by atoms with Gasteiger partial charge < -0.3 is 14.2 Å². The average molecular weight is 982 g/mol. The maximum atomic E-state index is 12.8. The SMILES string of the molecule is CC/C=C\C/C=C\C/C=C\C/C=C\C/C=C\C/C=C\C/C=C\CCCCCC(=O)OCC(COC(=O)CCCCC/C=C\C/C=C\C/C=C\CC)OC(=O)CCCCCCC/C=C\CCCCCCCC. The number of hydrogen-bond donors (Lipinski definition) is 0. The molecule has 0 bridgehead atoms. The van der Waals surface area contributed by atoms with E-state index in [0.717, 1.165) is 148 Å². The number of hydrogen-bond acceptors (Lipinski definition) is 6. The third-order valence-electron chi connectivity index (χ3n) is 11.6. The molecule has 0 aromatic heterocycles. The summed E-state index contributed by atoms with van der Waals surface area (Å²) in [6, 6.07) is 0. The quantitative estimate of drug-likeness (QED) is 0.0262. The van der Waals surface area contributed by atoms with E-state index in [1.54, 1.807) is 0 Å². The molecule has 1 atom stereocenters. The predicted molar refractivity (Wildman–Crippen MR) is 306 cm³/mol. The Morgan fingerprint density at radius 2 is 0.549 bits per heavy atom. The molecule has 6 nitrogen and oxygen atoms in total. The van der Waals surface area contributed by atoms with Crippen molar-refractivity contribution in [3.63, 3.8) is 0 Å². The summed E-state index contributed by atoms with van der Waals surface area (Å²) < 4.78 is 16.8. The molecule has 71 heavy (non-hydrogen) atoms. The lowest BCUT2D eigenvalue weighted by Gasteiger charge is -2.18. The highest BCUT2D eigenvalue weighted by atomic mass is 16.6. The van der Waals surface area contributed by atoms with Crippen LogP contribution < -0.4 is 0 Å². The number of rotatable bonds is 50. The molecule has 6 heteroatoms. The number of carbonyl (C=O) groups excluding carboxylic acids is 3. The summed E-state index contributed by atoms with van der Waals surface area (Å²) in [5, 5.41) is 0. The zero-order chi connectivity index (χ0) is 51.4. The zero-order valence-corrected chi connectivity index (χ0v) is 45.7. The van der Waals surface area contributed by atoms with Gasteiger partial charge in [-0.15, -0.1) is 0 Å². The number of unbranched alkanes of at least 4 members (excludes halogenated alkanes) is 17. The highest BCUT2D eigenvalue weighted by Gasteiger charge is 2.19. The van der Waals surface area contributed by atoms with Crippen LogP contribution in [0.2, 0.25) is 0 Å². The number of carbonyl (C=O) groups is 3. The van der Waals surface area contributed by atoms with Gasteiger partial charge in [-0.1, -0.05) is 219 Å². The molecule has 0 fully saturated rings. The Morgan fingerprint density at radius 1 is 0.296 bits per heavy atom. The minimum Gasteiger partial charge on any atom is -0.462 e. The average Bonchev–Trinajstić information content (AvgIpc) is 3.37. The molecule has 0 aliphatic heterocycles. The molecule has 0 saturated heterocycles.